The Balaban J connectivity index is 1.51. The molecule has 0 aliphatic carbocycles. The van der Waals surface area contributed by atoms with E-state index >= 15 is 0 Å². The SMILES string of the molecule is COc1ccc(-c2noc(CCC(=O)N(C)CC(=O)Nc3c(C)cc(C)cc3C)n2)cc1. The predicted molar refractivity (Wildman–Crippen MR) is 122 cm³/mol. The van der Waals surface area contributed by atoms with Gasteiger partial charge in [0.15, 0.2) is 0 Å². The minimum absolute atomic E-state index is 0.0352. The second-order valence-corrected chi connectivity index (χ2v) is 7.81. The number of carbonyl (C=O) groups excluding carboxylic acids is 2. The van der Waals surface area contributed by atoms with Gasteiger partial charge in [0.1, 0.15) is 5.75 Å². The molecule has 0 aliphatic heterocycles. The number of nitrogens with zero attached hydrogens (tertiary/aromatic N) is 3. The van der Waals surface area contributed by atoms with Crippen LogP contribution in [-0.2, 0) is 16.0 Å². The second kappa shape index (κ2) is 10.1. The first-order valence-corrected chi connectivity index (χ1v) is 10.4. The van der Waals surface area contributed by atoms with E-state index in [2.05, 4.69) is 15.5 Å². The van der Waals surface area contributed by atoms with Gasteiger partial charge in [0.25, 0.3) is 0 Å². The van der Waals surface area contributed by atoms with Crippen molar-refractivity contribution in [2.75, 3.05) is 26.0 Å². The molecule has 168 valence electrons. The average Bonchev–Trinajstić information content (AvgIpc) is 3.23. The van der Waals surface area contributed by atoms with Crippen molar-refractivity contribution in [3.8, 4) is 17.1 Å². The molecule has 3 aromatic rings. The number of rotatable bonds is 8. The summed E-state index contributed by atoms with van der Waals surface area (Å²) in [6, 6.07) is 11.3. The minimum Gasteiger partial charge on any atom is -0.497 e. The van der Waals surface area contributed by atoms with Crippen molar-refractivity contribution in [1.82, 2.24) is 15.0 Å². The third-order valence-corrected chi connectivity index (χ3v) is 5.12. The van der Waals surface area contributed by atoms with E-state index < -0.39 is 0 Å². The molecule has 0 aliphatic rings. The molecule has 0 radical (unpaired) electrons. The Morgan fingerprint density at radius 3 is 2.38 bits per heavy atom. The predicted octanol–water partition coefficient (Wildman–Crippen LogP) is 3.70. The van der Waals surface area contributed by atoms with Crippen molar-refractivity contribution < 1.29 is 18.8 Å². The summed E-state index contributed by atoms with van der Waals surface area (Å²) in [5, 5.41) is 6.88. The molecule has 1 N–H and O–H groups in total. The van der Waals surface area contributed by atoms with E-state index in [-0.39, 0.29) is 24.8 Å². The number of anilines is 1. The molecule has 1 aromatic heterocycles. The fraction of sp³-hybridized carbons (Fsp3) is 0.333. The maximum absolute atomic E-state index is 12.5. The van der Waals surface area contributed by atoms with E-state index in [1.165, 1.54) is 4.90 Å². The smallest absolute Gasteiger partial charge is 0.243 e. The number of methoxy groups -OCH3 is 1. The summed E-state index contributed by atoms with van der Waals surface area (Å²) in [6.07, 6.45) is 0.459. The monoisotopic (exact) mass is 436 g/mol. The highest BCUT2D eigenvalue weighted by molar-refractivity contribution is 5.95. The van der Waals surface area contributed by atoms with E-state index in [1.807, 2.05) is 57.2 Å². The van der Waals surface area contributed by atoms with E-state index in [4.69, 9.17) is 9.26 Å². The van der Waals surface area contributed by atoms with Crippen LogP contribution in [0.2, 0.25) is 0 Å². The summed E-state index contributed by atoms with van der Waals surface area (Å²) in [5.74, 6) is 1.14. The van der Waals surface area contributed by atoms with Gasteiger partial charge < -0.3 is 19.5 Å². The molecule has 8 heteroatoms. The normalized spacial score (nSPS) is 10.7. The van der Waals surface area contributed by atoms with Crippen LogP contribution in [0.4, 0.5) is 5.69 Å². The molecule has 32 heavy (non-hydrogen) atoms. The molecule has 0 unspecified atom stereocenters. The third kappa shape index (κ3) is 5.72. The Morgan fingerprint density at radius 2 is 1.75 bits per heavy atom. The number of aryl methyl sites for hydroxylation is 4. The van der Waals surface area contributed by atoms with Gasteiger partial charge in [-0.15, -0.1) is 0 Å². The minimum atomic E-state index is -0.240. The van der Waals surface area contributed by atoms with Gasteiger partial charge in [0.05, 0.1) is 13.7 Å². The number of benzene rings is 2. The maximum Gasteiger partial charge on any atom is 0.243 e. The molecule has 0 atom stereocenters. The Labute approximate surface area is 187 Å². The fourth-order valence-electron chi connectivity index (χ4n) is 3.48. The Bertz CT molecular complexity index is 1080. The number of nitrogens with one attached hydrogen (secondary N) is 1. The molecule has 0 bridgehead atoms. The molecule has 0 fully saturated rings. The van der Waals surface area contributed by atoms with Crippen LogP contribution >= 0.6 is 0 Å². The van der Waals surface area contributed by atoms with Crippen molar-refractivity contribution in [2.24, 2.45) is 0 Å². The van der Waals surface area contributed by atoms with Gasteiger partial charge in [-0.3, -0.25) is 9.59 Å². The summed E-state index contributed by atoms with van der Waals surface area (Å²) >= 11 is 0. The van der Waals surface area contributed by atoms with E-state index in [0.29, 0.717) is 18.1 Å². The lowest BCUT2D eigenvalue weighted by molar-refractivity contribution is -0.133. The fourth-order valence-corrected chi connectivity index (χ4v) is 3.48. The molecule has 2 aromatic carbocycles. The lowest BCUT2D eigenvalue weighted by Gasteiger charge is -2.18. The molecule has 8 nitrogen and oxygen atoms in total. The van der Waals surface area contributed by atoms with Crippen LogP contribution in [0.1, 0.15) is 29.0 Å². The topological polar surface area (TPSA) is 97.6 Å². The van der Waals surface area contributed by atoms with Crippen molar-refractivity contribution in [3.63, 3.8) is 0 Å². The van der Waals surface area contributed by atoms with Crippen LogP contribution in [0, 0.1) is 20.8 Å². The van der Waals surface area contributed by atoms with Crippen LogP contribution < -0.4 is 10.1 Å². The standard InChI is InChI=1S/C24H28N4O4/c1-15-12-16(2)23(17(3)13-15)25-20(29)14-28(4)22(30)11-10-21-26-24(27-32-21)18-6-8-19(31-5)9-7-18/h6-9,12-13H,10-11,14H2,1-5H3,(H,25,29). The van der Waals surface area contributed by atoms with Gasteiger partial charge in [-0.2, -0.15) is 4.98 Å². The van der Waals surface area contributed by atoms with E-state index in [9.17, 15) is 9.59 Å². The quantitative estimate of drug-likeness (QED) is 0.578. The second-order valence-electron chi connectivity index (χ2n) is 7.81. The molecular weight excluding hydrogens is 408 g/mol. The molecule has 1 heterocycles. The summed E-state index contributed by atoms with van der Waals surface area (Å²) < 4.78 is 10.4. The van der Waals surface area contributed by atoms with E-state index in [0.717, 1.165) is 33.7 Å². The molecule has 0 saturated carbocycles. The van der Waals surface area contributed by atoms with Crippen LogP contribution in [0.15, 0.2) is 40.9 Å². The van der Waals surface area contributed by atoms with Crippen LogP contribution in [0.3, 0.4) is 0 Å². The summed E-state index contributed by atoms with van der Waals surface area (Å²) in [5.41, 5.74) is 4.71. The van der Waals surface area contributed by atoms with Crippen molar-refractivity contribution in [1.29, 1.82) is 0 Å². The van der Waals surface area contributed by atoms with Gasteiger partial charge in [0, 0.05) is 31.1 Å². The highest BCUT2D eigenvalue weighted by Gasteiger charge is 2.17. The zero-order valence-corrected chi connectivity index (χ0v) is 19.1. The van der Waals surface area contributed by atoms with Crippen molar-refractivity contribution >= 4 is 17.5 Å². The number of hydrogen-bond donors (Lipinski definition) is 1. The molecule has 0 saturated heterocycles. The average molecular weight is 437 g/mol. The summed E-state index contributed by atoms with van der Waals surface area (Å²) in [4.78, 5) is 30.7. The van der Waals surface area contributed by atoms with E-state index in [1.54, 1.807) is 14.2 Å². The Morgan fingerprint density at radius 1 is 1.09 bits per heavy atom. The van der Waals surface area contributed by atoms with Gasteiger partial charge in [-0.1, -0.05) is 22.9 Å². The first-order chi connectivity index (χ1) is 15.3. The van der Waals surface area contributed by atoms with Gasteiger partial charge >= 0.3 is 0 Å². The number of likely N-dealkylation sites (N-methyl/N-ethyl adjacent to an activating group) is 1. The highest BCUT2D eigenvalue weighted by Crippen LogP contribution is 2.22. The zero-order valence-electron chi connectivity index (χ0n) is 19.1. The van der Waals surface area contributed by atoms with Crippen molar-refractivity contribution in [2.45, 2.75) is 33.6 Å². The lowest BCUT2D eigenvalue weighted by Crippen LogP contribution is -2.35. The molecule has 0 spiro atoms. The highest BCUT2D eigenvalue weighted by atomic mass is 16.5. The first-order valence-electron chi connectivity index (χ1n) is 10.4. The van der Waals surface area contributed by atoms with Crippen LogP contribution in [0.5, 0.6) is 5.75 Å². The summed E-state index contributed by atoms with van der Waals surface area (Å²) in [7, 11) is 3.21. The Kier molecular flexibility index (Phi) is 7.25. The number of carbonyl (C=O) groups is 2. The third-order valence-electron chi connectivity index (χ3n) is 5.12. The maximum atomic E-state index is 12.5. The zero-order chi connectivity index (χ0) is 23.3. The Hall–Kier alpha value is -3.68. The number of hydrogen-bond acceptors (Lipinski definition) is 6. The number of amides is 2. The van der Waals surface area contributed by atoms with Gasteiger partial charge in [0.2, 0.25) is 23.5 Å². The lowest BCUT2D eigenvalue weighted by atomic mass is 10.1. The van der Waals surface area contributed by atoms with Gasteiger partial charge in [-0.25, -0.2) is 0 Å². The van der Waals surface area contributed by atoms with Crippen LogP contribution in [-0.4, -0.2) is 47.6 Å². The van der Waals surface area contributed by atoms with Crippen molar-refractivity contribution in [3.05, 3.63) is 59.0 Å². The number of aromatic nitrogens is 2. The number of ether oxygens (including phenoxy) is 1. The van der Waals surface area contributed by atoms with Gasteiger partial charge in [-0.05, 0) is 56.2 Å². The molecule has 3 rings (SSSR count). The molecular formula is C24H28N4O4. The molecule has 2 amide bonds. The first kappa shape index (κ1) is 23.0. The largest absolute Gasteiger partial charge is 0.497 e. The summed E-state index contributed by atoms with van der Waals surface area (Å²) in [6.45, 7) is 5.89. The van der Waals surface area contributed by atoms with Crippen LogP contribution in [0.25, 0.3) is 11.4 Å².